The molecule has 3 fully saturated rings. The van der Waals surface area contributed by atoms with Gasteiger partial charge in [0, 0.05) is 19.3 Å². The lowest BCUT2D eigenvalue weighted by molar-refractivity contribution is -0.145. The van der Waals surface area contributed by atoms with Crippen molar-refractivity contribution in [2.45, 2.75) is 56.3 Å². The molecular weight excluding hydrogens is 334 g/mol. The van der Waals surface area contributed by atoms with E-state index in [0.717, 1.165) is 12.8 Å². The maximum atomic E-state index is 12.5. The summed E-state index contributed by atoms with van der Waals surface area (Å²) in [4.78, 5) is 30.7. The van der Waals surface area contributed by atoms with Gasteiger partial charge in [0.05, 0.1) is 30.0 Å². The third-order valence-corrected chi connectivity index (χ3v) is 5.89. The second kappa shape index (κ2) is 6.96. The van der Waals surface area contributed by atoms with E-state index in [9.17, 15) is 14.7 Å². The number of amides is 2. The Morgan fingerprint density at radius 1 is 1.42 bits per heavy atom. The number of nitrogens with zero attached hydrogens (tertiary/aromatic N) is 2. The van der Waals surface area contributed by atoms with Crippen molar-refractivity contribution >= 4 is 17.5 Å². The van der Waals surface area contributed by atoms with E-state index < -0.39 is 11.7 Å². The molecule has 2 saturated heterocycles. The third kappa shape index (κ3) is 3.59. The van der Waals surface area contributed by atoms with Crippen LogP contribution < -0.4 is 5.32 Å². The number of aliphatic hydroxyl groups is 1. The van der Waals surface area contributed by atoms with Crippen molar-refractivity contribution in [3.05, 3.63) is 24.5 Å². The van der Waals surface area contributed by atoms with Gasteiger partial charge in [-0.15, -0.1) is 0 Å². The van der Waals surface area contributed by atoms with Crippen molar-refractivity contribution in [3.8, 4) is 0 Å². The molecule has 2 amide bonds. The molecule has 0 aromatic carbocycles. The second-order valence-corrected chi connectivity index (χ2v) is 7.77. The fourth-order valence-corrected chi connectivity index (χ4v) is 4.14. The van der Waals surface area contributed by atoms with Crippen LogP contribution in [0.4, 0.5) is 5.69 Å². The van der Waals surface area contributed by atoms with Gasteiger partial charge >= 0.3 is 0 Å². The second-order valence-electron chi connectivity index (χ2n) is 7.77. The Morgan fingerprint density at radius 2 is 2.27 bits per heavy atom. The quantitative estimate of drug-likeness (QED) is 0.846. The first-order valence-corrected chi connectivity index (χ1v) is 9.39. The predicted octanol–water partition coefficient (Wildman–Crippen LogP) is 1.33. The first-order chi connectivity index (χ1) is 12.5. The van der Waals surface area contributed by atoms with Gasteiger partial charge in [-0.25, -0.2) is 0 Å². The zero-order valence-corrected chi connectivity index (χ0v) is 14.8. The highest BCUT2D eigenvalue weighted by atomic mass is 16.5. The molecule has 3 atom stereocenters. The van der Waals surface area contributed by atoms with E-state index in [1.807, 2.05) is 0 Å². The van der Waals surface area contributed by atoms with Crippen LogP contribution >= 0.6 is 0 Å². The number of piperidine rings is 1. The molecule has 1 aromatic rings. The van der Waals surface area contributed by atoms with E-state index in [4.69, 9.17) is 4.74 Å². The maximum Gasteiger partial charge on any atom is 0.253 e. The van der Waals surface area contributed by atoms with Crippen molar-refractivity contribution in [2.24, 2.45) is 5.92 Å². The van der Waals surface area contributed by atoms with Gasteiger partial charge in [0.1, 0.15) is 6.10 Å². The summed E-state index contributed by atoms with van der Waals surface area (Å²) in [5.41, 5.74) is -0.141. The summed E-state index contributed by atoms with van der Waals surface area (Å²) < 4.78 is 5.96. The molecule has 4 rings (SSSR count). The number of aromatic nitrogens is 1. The summed E-state index contributed by atoms with van der Waals surface area (Å²) in [6.45, 7) is 1.19. The normalized spacial score (nSPS) is 29.6. The molecule has 1 aromatic heterocycles. The van der Waals surface area contributed by atoms with Gasteiger partial charge in [0.2, 0.25) is 5.91 Å². The highest BCUT2D eigenvalue weighted by molar-refractivity contribution is 5.94. The van der Waals surface area contributed by atoms with Crippen molar-refractivity contribution in [1.29, 1.82) is 0 Å². The van der Waals surface area contributed by atoms with E-state index in [0.29, 0.717) is 44.0 Å². The zero-order valence-electron chi connectivity index (χ0n) is 14.8. The summed E-state index contributed by atoms with van der Waals surface area (Å²) in [6, 6.07) is 3.56. The fourth-order valence-electron chi connectivity index (χ4n) is 4.14. The Bertz CT molecular complexity index is 677. The van der Waals surface area contributed by atoms with Gasteiger partial charge < -0.3 is 20.1 Å². The van der Waals surface area contributed by atoms with E-state index in [1.165, 1.54) is 0 Å². The van der Waals surface area contributed by atoms with Gasteiger partial charge in [-0.2, -0.15) is 0 Å². The van der Waals surface area contributed by atoms with Crippen LogP contribution in [0.25, 0.3) is 0 Å². The standard InChI is InChI=1S/C19H25N3O4/c23-17(10-19(25)5-2-6-19)22-8-4-13-9-15(26-16(13)12-22)18(24)21-14-3-1-7-20-11-14/h1,3,7,11,13,15-16,25H,2,4-6,8-10,12H2,(H,21,24)/t13-,15+,16-/m0/s1. The molecule has 0 spiro atoms. The number of nitrogens with one attached hydrogen (secondary N) is 1. The third-order valence-electron chi connectivity index (χ3n) is 5.89. The van der Waals surface area contributed by atoms with Gasteiger partial charge in [-0.1, -0.05) is 0 Å². The number of hydrogen-bond donors (Lipinski definition) is 2. The van der Waals surface area contributed by atoms with Gasteiger partial charge in [-0.05, 0) is 50.2 Å². The minimum absolute atomic E-state index is 0.00230. The van der Waals surface area contributed by atoms with Crippen molar-refractivity contribution in [3.63, 3.8) is 0 Å². The lowest BCUT2D eigenvalue weighted by atomic mass is 9.77. The molecule has 0 bridgehead atoms. The average Bonchev–Trinajstić information content (AvgIpc) is 3.04. The van der Waals surface area contributed by atoms with E-state index in [1.54, 1.807) is 29.4 Å². The van der Waals surface area contributed by atoms with E-state index >= 15 is 0 Å². The van der Waals surface area contributed by atoms with Crippen molar-refractivity contribution in [1.82, 2.24) is 9.88 Å². The van der Waals surface area contributed by atoms with Gasteiger partial charge in [0.15, 0.2) is 0 Å². The predicted molar refractivity (Wildman–Crippen MR) is 94.2 cm³/mol. The topological polar surface area (TPSA) is 91.8 Å². The maximum absolute atomic E-state index is 12.5. The summed E-state index contributed by atoms with van der Waals surface area (Å²) in [6.07, 6.45) is 6.81. The number of anilines is 1. The molecule has 0 radical (unpaired) electrons. The molecule has 1 aliphatic carbocycles. The SMILES string of the molecule is O=C(Nc1cccnc1)[C@H]1C[C@@H]2CCN(C(=O)CC3(O)CCC3)C[C@@H]2O1. The molecule has 0 unspecified atom stereocenters. The molecular formula is C19H25N3O4. The van der Waals surface area contributed by atoms with Crippen molar-refractivity contribution in [2.75, 3.05) is 18.4 Å². The van der Waals surface area contributed by atoms with Gasteiger partial charge in [-0.3, -0.25) is 14.6 Å². The van der Waals surface area contributed by atoms with E-state index in [-0.39, 0.29) is 24.3 Å². The largest absolute Gasteiger partial charge is 0.389 e. The van der Waals surface area contributed by atoms with Crippen LogP contribution in [0.15, 0.2) is 24.5 Å². The highest BCUT2D eigenvalue weighted by Crippen LogP contribution is 2.37. The van der Waals surface area contributed by atoms with Crippen LogP contribution in [0.2, 0.25) is 0 Å². The minimum atomic E-state index is -0.795. The fraction of sp³-hybridized carbons (Fsp3) is 0.632. The Hall–Kier alpha value is -1.99. The molecule has 3 heterocycles. The number of carbonyl (C=O) groups is 2. The van der Waals surface area contributed by atoms with Crippen LogP contribution in [-0.2, 0) is 14.3 Å². The van der Waals surface area contributed by atoms with Gasteiger partial charge in [0.25, 0.3) is 5.91 Å². The number of ether oxygens (including phenoxy) is 1. The van der Waals surface area contributed by atoms with Crippen LogP contribution in [0.3, 0.4) is 0 Å². The summed E-state index contributed by atoms with van der Waals surface area (Å²) in [5, 5.41) is 13.1. The molecule has 7 nitrogen and oxygen atoms in total. The molecule has 140 valence electrons. The summed E-state index contributed by atoms with van der Waals surface area (Å²) in [5.74, 6) is 0.141. The van der Waals surface area contributed by atoms with Crippen molar-refractivity contribution < 1.29 is 19.4 Å². The molecule has 26 heavy (non-hydrogen) atoms. The monoisotopic (exact) mass is 359 g/mol. The Kier molecular flexibility index (Phi) is 4.67. The number of carbonyl (C=O) groups excluding carboxylic acids is 2. The molecule has 1 saturated carbocycles. The van der Waals surface area contributed by atoms with Crippen LogP contribution in [0.5, 0.6) is 0 Å². The number of fused-ring (bicyclic) bond motifs is 1. The minimum Gasteiger partial charge on any atom is -0.389 e. The number of hydrogen-bond acceptors (Lipinski definition) is 5. The Labute approximate surface area is 152 Å². The molecule has 3 aliphatic rings. The Balaban J connectivity index is 1.31. The number of pyridine rings is 1. The lowest BCUT2D eigenvalue weighted by Crippen LogP contribution is -2.49. The highest BCUT2D eigenvalue weighted by Gasteiger charge is 2.44. The Morgan fingerprint density at radius 3 is 2.96 bits per heavy atom. The zero-order chi connectivity index (χ0) is 18.1. The van der Waals surface area contributed by atoms with Crippen LogP contribution in [0, 0.1) is 5.92 Å². The number of rotatable bonds is 4. The summed E-state index contributed by atoms with van der Waals surface area (Å²) in [7, 11) is 0. The average molecular weight is 359 g/mol. The number of likely N-dealkylation sites (tertiary alicyclic amines) is 1. The molecule has 7 heteroatoms. The summed E-state index contributed by atoms with van der Waals surface area (Å²) >= 11 is 0. The smallest absolute Gasteiger partial charge is 0.253 e. The molecule has 2 aliphatic heterocycles. The lowest BCUT2D eigenvalue weighted by Gasteiger charge is -2.39. The first kappa shape index (κ1) is 17.4. The first-order valence-electron chi connectivity index (χ1n) is 9.39. The molecule has 2 N–H and O–H groups in total. The van der Waals surface area contributed by atoms with Crippen LogP contribution in [-0.4, -0.2) is 57.7 Å². The van der Waals surface area contributed by atoms with Crippen LogP contribution in [0.1, 0.15) is 38.5 Å². The van der Waals surface area contributed by atoms with E-state index in [2.05, 4.69) is 10.3 Å².